The molecule has 0 radical (unpaired) electrons. The Morgan fingerprint density at radius 1 is 1.24 bits per heavy atom. The van der Waals surface area contributed by atoms with Crippen LogP contribution in [0.3, 0.4) is 0 Å². The molecule has 1 unspecified atom stereocenters. The van der Waals surface area contributed by atoms with Crippen LogP contribution in [0.4, 0.5) is 0 Å². The number of hydrogen-bond donors (Lipinski definition) is 2. The van der Waals surface area contributed by atoms with Crippen LogP contribution >= 0.6 is 0 Å². The first-order chi connectivity index (χ1) is 8.08. The first-order valence-electron chi connectivity index (χ1n) is 6.17. The lowest BCUT2D eigenvalue weighted by Gasteiger charge is -2.31. The molecule has 1 aromatic rings. The third-order valence-corrected chi connectivity index (χ3v) is 3.52. The van der Waals surface area contributed by atoms with E-state index in [0.717, 1.165) is 38.0 Å². The van der Waals surface area contributed by atoms with Gasteiger partial charge in [-0.2, -0.15) is 0 Å². The predicted molar refractivity (Wildman–Crippen MR) is 65.8 cm³/mol. The molecule has 1 saturated heterocycles. The Bertz CT molecular complexity index is 350. The van der Waals surface area contributed by atoms with Gasteiger partial charge in [0.2, 0.25) is 0 Å². The highest BCUT2D eigenvalue weighted by Crippen LogP contribution is 2.33. The van der Waals surface area contributed by atoms with Crippen LogP contribution in [-0.4, -0.2) is 23.4 Å². The van der Waals surface area contributed by atoms with Crippen molar-refractivity contribution in [3.8, 4) is 5.75 Å². The molecule has 1 aliphatic rings. The van der Waals surface area contributed by atoms with Gasteiger partial charge in [0, 0.05) is 13.2 Å². The summed E-state index contributed by atoms with van der Waals surface area (Å²) < 4.78 is 5.32. The van der Waals surface area contributed by atoms with Crippen molar-refractivity contribution in [2.45, 2.75) is 31.8 Å². The van der Waals surface area contributed by atoms with Crippen LogP contribution in [0, 0.1) is 5.92 Å². The van der Waals surface area contributed by atoms with Gasteiger partial charge in [0.25, 0.3) is 0 Å². The summed E-state index contributed by atoms with van der Waals surface area (Å²) in [6.07, 6.45) is 2.80. The van der Waals surface area contributed by atoms with E-state index in [1.165, 1.54) is 0 Å². The molecule has 0 spiro atoms. The minimum atomic E-state index is -0.824. The summed E-state index contributed by atoms with van der Waals surface area (Å²) in [4.78, 5) is 0. The lowest BCUT2D eigenvalue weighted by atomic mass is 9.83. The summed E-state index contributed by atoms with van der Waals surface area (Å²) >= 11 is 0. The average molecular weight is 236 g/mol. The predicted octanol–water partition coefficient (Wildman–Crippen LogP) is 2.42. The van der Waals surface area contributed by atoms with Crippen molar-refractivity contribution in [3.63, 3.8) is 0 Å². The minimum absolute atomic E-state index is 0.232. The number of ether oxygens (including phenoxy) is 1. The van der Waals surface area contributed by atoms with E-state index < -0.39 is 5.60 Å². The highest BCUT2D eigenvalue weighted by Gasteiger charge is 2.28. The normalized spacial score (nSPS) is 21.1. The van der Waals surface area contributed by atoms with Crippen molar-refractivity contribution in [1.29, 1.82) is 0 Å². The lowest BCUT2D eigenvalue weighted by Crippen LogP contribution is -2.28. The molecular weight excluding hydrogens is 216 g/mol. The molecule has 17 heavy (non-hydrogen) atoms. The topological polar surface area (TPSA) is 49.7 Å². The van der Waals surface area contributed by atoms with Crippen LogP contribution in [0.15, 0.2) is 24.3 Å². The van der Waals surface area contributed by atoms with Gasteiger partial charge >= 0.3 is 0 Å². The highest BCUT2D eigenvalue weighted by atomic mass is 16.5. The molecule has 1 fully saturated rings. The maximum absolute atomic E-state index is 10.5. The molecule has 0 bridgehead atoms. The molecule has 0 amide bonds. The van der Waals surface area contributed by atoms with E-state index in [1.54, 1.807) is 24.3 Å². The largest absolute Gasteiger partial charge is 0.508 e. The number of aromatic hydroxyl groups is 1. The zero-order valence-electron chi connectivity index (χ0n) is 10.2. The third-order valence-electron chi connectivity index (χ3n) is 3.52. The molecule has 94 valence electrons. The maximum Gasteiger partial charge on any atom is 0.115 e. The molecule has 3 nitrogen and oxygen atoms in total. The van der Waals surface area contributed by atoms with Crippen molar-refractivity contribution in [2.24, 2.45) is 5.92 Å². The molecule has 3 heteroatoms. The third kappa shape index (κ3) is 3.20. The van der Waals surface area contributed by atoms with Crippen LogP contribution in [0.2, 0.25) is 0 Å². The Balaban J connectivity index is 2.04. The quantitative estimate of drug-likeness (QED) is 0.847. The van der Waals surface area contributed by atoms with E-state index in [-0.39, 0.29) is 5.75 Å². The van der Waals surface area contributed by atoms with Gasteiger partial charge in [-0.05, 0) is 49.8 Å². The molecule has 2 N–H and O–H groups in total. The van der Waals surface area contributed by atoms with Crippen LogP contribution in [-0.2, 0) is 10.3 Å². The molecule has 0 saturated carbocycles. The van der Waals surface area contributed by atoms with Gasteiger partial charge in [0.05, 0.1) is 5.60 Å². The molecule has 1 aromatic carbocycles. The zero-order valence-corrected chi connectivity index (χ0v) is 10.2. The van der Waals surface area contributed by atoms with Gasteiger partial charge in [-0.15, -0.1) is 0 Å². The fourth-order valence-electron chi connectivity index (χ4n) is 2.45. The molecule has 1 aliphatic heterocycles. The second kappa shape index (κ2) is 5.07. The molecular formula is C14H20O3. The molecule has 0 aliphatic carbocycles. The maximum atomic E-state index is 10.5. The summed E-state index contributed by atoms with van der Waals surface area (Å²) in [5.41, 5.74) is 0.0391. The van der Waals surface area contributed by atoms with Crippen molar-refractivity contribution in [1.82, 2.24) is 0 Å². The van der Waals surface area contributed by atoms with Crippen LogP contribution < -0.4 is 0 Å². The van der Waals surface area contributed by atoms with Crippen LogP contribution in [0.25, 0.3) is 0 Å². The molecule has 1 heterocycles. The number of rotatable bonds is 3. The van der Waals surface area contributed by atoms with Crippen molar-refractivity contribution < 1.29 is 14.9 Å². The van der Waals surface area contributed by atoms with Gasteiger partial charge < -0.3 is 14.9 Å². The Kier molecular flexibility index (Phi) is 3.69. The van der Waals surface area contributed by atoms with Crippen LogP contribution in [0.1, 0.15) is 31.7 Å². The summed E-state index contributed by atoms with van der Waals surface area (Å²) in [7, 11) is 0. The monoisotopic (exact) mass is 236 g/mol. The van der Waals surface area contributed by atoms with Gasteiger partial charge in [0.15, 0.2) is 0 Å². The van der Waals surface area contributed by atoms with Gasteiger partial charge in [-0.25, -0.2) is 0 Å². The smallest absolute Gasteiger partial charge is 0.115 e. The number of phenolic OH excluding ortho intramolecular Hbond substituents is 1. The first kappa shape index (κ1) is 12.4. The second-order valence-electron chi connectivity index (χ2n) is 5.08. The van der Waals surface area contributed by atoms with E-state index in [9.17, 15) is 10.2 Å². The minimum Gasteiger partial charge on any atom is -0.508 e. The zero-order chi connectivity index (χ0) is 12.3. The second-order valence-corrected chi connectivity index (χ2v) is 5.08. The summed E-state index contributed by atoms with van der Waals surface area (Å²) in [5.74, 6) is 0.753. The van der Waals surface area contributed by atoms with Crippen molar-refractivity contribution in [3.05, 3.63) is 29.8 Å². The standard InChI is InChI=1S/C14H20O3/c1-14(16,10-11-6-8-17-9-7-11)12-2-4-13(15)5-3-12/h2-5,11,15-16H,6-10H2,1H3. The summed E-state index contributed by atoms with van der Waals surface area (Å²) in [6, 6.07) is 6.81. The highest BCUT2D eigenvalue weighted by molar-refractivity contribution is 5.29. The average Bonchev–Trinajstić information content (AvgIpc) is 2.30. The van der Waals surface area contributed by atoms with E-state index in [4.69, 9.17) is 4.74 Å². The van der Waals surface area contributed by atoms with Crippen LogP contribution in [0.5, 0.6) is 5.75 Å². The number of benzene rings is 1. The summed E-state index contributed by atoms with van der Waals surface area (Å²) in [6.45, 7) is 3.45. The van der Waals surface area contributed by atoms with Crippen molar-refractivity contribution in [2.75, 3.05) is 13.2 Å². The fourth-order valence-corrected chi connectivity index (χ4v) is 2.45. The fraction of sp³-hybridized carbons (Fsp3) is 0.571. The Labute approximate surface area is 102 Å². The number of phenols is 1. The Hall–Kier alpha value is -1.06. The van der Waals surface area contributed by atoms with Crippen molar-refractivity contribution >= 4 is 0 Å². The van der Waals surface area contributed by atoms with E-state index >= 15 is 0 Å². The van der Waals surface area contributed by atoms with E-state index in [1.807, 2.05) is 6.92 Å². The summed E-state index contributed by atoms with van der Waals surface area (Å²) in [5, 5.41) is 19.8. The van der Waals surface area contributed by atoms with Gasteiger partial charge in [-0.3, -0.25) is 0 Å². The van der Waals surface area contributed by atoms with E-state index in [0.29, 0.717) is 5.92 Å². The molecule has 0 aromatic heterocycles. The lowest BCUT2D eigenvalue weighted by molar-refractivity contribution is -0.00305. The number of aliphatic hydroxyl groups is 1. The molecule has 1 atom stereocenters. The Morgan fingerprint density at radius 2 is 1.82 bits per heavy atom. The van der Waals surface area contributed by atoms with Gasteiger partial charge in [-0.1, -0.05) is 12.1 Å². The SMILES string of the molecule is CC(O)(CC1CCOCC1)c1ccc(O)cc1. The molecule has 2 rings (SSSR count). The van der Waals surface area contributed by atoms with Gasteiger partial charge in [0.1, 0.15) is 5.75 Å². The Morgan fingerprint density at radius 3 is 2.41 bits per heavy atom. The first-order valence-corrected chi connectivity index (χ1v) is 6.17. The van der Waals surface area contributed by atoms with E-state index in [2.05, 4.69) is 0 Å². The number of hydrogen-bond acceptors (Lipinski definition) is 3.